The number of halogens is 2. The Morgan fingerprint density at radius 3 is 2.72 bits per heavy atom. The second-order valence-electron chi connectivity index (χ2n) is 3.95. The third-order valence-electron chi connectivity index (χ3n) is 2.66. The monoisotopic (exact) mass is 285 g/mol. The van der Waals surface area contributed by atoms with E-state index in [0.29, 0.717) is 27.9 Å². The van der Waals surface area contributed by atoms with E-state index in [9.17, 15) is 0 Å². The van der Waals surface area contributed by atoms with Crippen molar-refractivity contribution >= 4 is 39.8 Å². The Labute approximate surface area is 115 Å². The van der Waals surface area contributed by atoms with Crippen LogP contribution in [0.15, 0.2) is 12.1 Å². The van der Waals surface area contributed by atoms with Crippen molar-refractivity contribution in [3.8, 4) is 0 Å². The van der Waals surface area contributed by atoms with E-state index < -0.39 is 0 Å². The molecule has 0 spiro atoms. The lowest BCUT2D eigenvalue weighted by atomic mass is 10.1. The van der Waals surface area contributed by atoms with Crippen LogP contribution in [0.2, 0.25) is 10.0 Å². The van der Waals surface area contributed by atoms with Gasteiger partial charge in [-0.05, 0) is 24.6 Å². The van der Waals surface area contributed by atoms with Gasteiger partial charge in [0.1, 0.15) is 0 Å². The highest BCUT2D eigenvalue weighted by atomic mass is 35.5. The number of rotatable bonds is 3. The molecule has 0 fully saturated rings. The molecule has 2 aromatic rings. The largest absolute Gasteiger partial charge is 0.378 e. The summed E-state index contributed by atoms with van der Waals surface area (Å²) in [5.74, 6) is 5.53. The first-order valence-electron chi connectivity index (χ1n) is 5.32. The van der Waals surface area contributed by atoms with Crippen LogP contribution in [0.3, 0.4) is 0 Å². The number of ether oxygens (including phenoxy) is 1. The summed E-state index contributed by atoms with van der Waals surface area (Å²) < 4.78 is 5.06. The van der Waals surface area contributed by atoms with Gasteiger partial charge in [-0.15, -0.1) is 0 Å². The quantitative estimate of drug-likeness (QED) is 0.671. The molecule has 0 saturated carbocycles. The number of hydrazine groups is 1. The lowest BCUT2D eigenvalue weighted by Gasteiger charge is -2.12. The van der Waals surface area contributed by atoms with Crippen LogP contribution < -0.4 is 11.3 Å². The molecule has 2 rings (SSSR count). The summed E-state index contributed by atoms with van der Waals surface area (Å²) in [5.41, 5.74) is 5.55. The van der Waals surface area contributed by atoms with E-state index >= 15 is 0 Å². The van der Waals surface area contributed by atoms with Crippen molar-refractivity contribution in [3.05, 3.63) is 33.4 Å². The first-order valence-corrected chi connectivity index (χ1v) is 6.07. The van der Waals surface area contributed by atoms with Gasteiger partial charge in [-0.3, -0.25) is 5.84 Å². The number of aryl methyl sites for hydroxylation is 1. The van der Waals surface area contributed by atoms with Crippen LogP contribution in [-0.2, 0) is 11.3 Å². The molecule has 0 aliphatic heterocycles. The molecule has 0 unspecified atom stereocenters. The molecule has 0 saturated heterocycles. The molecule has 0 aliphatic carbocycles. The normalized spacial score (nSPS) is 10.9. The fraction of sp³-hybridized carbons (Fsp3) is 0.250. The van der Waals surface area contributed by atoms with Crippen LogP contribution >= 0.6 is 23.2 Å². The van der Waals surface area contributed by atoms with Crippen molar-refractivity contribution in [1.82, 2.24) is 4.98 Å². The maximum absolute atomic E-state index is 6.29. The van der Waals surface area contributed by atoms with Crippen molar-refractivity contribution in [2.75, 3.05) is 12.5 Å². The molecular formula is C12H13Cl2N3O. The maximum atomic E-state index is 6.29. The smallest absolute Gasteiger partial charge is 0.0929 e. The minimum absolute atomic E-state index is 0.381. The number of methoxy groups -OCH3 is 1. The number of benzene rings is 1. The number of nitrogens with two attached hydrogens (primary N) is 1. The second kappa shape index (κ2) is 5.28. The van der Waals surface area contributed by atoms with E-state index in [1.165, 1.54) is 0 Å². The summed E-state index contributed by atoms with van der Waals surface area (Å²) in [4.78, 5) is 4.44. The second-order valence-corrected chi connectivity index (χ2v) is 4.74. The molecule has 1 heterocycles. The molecule has 0 bridgehead atoms. The van der Waals surface area contributed by atoms with Crippen molar-refractivity contribution in [3.63, 3.8) is 0 Å². The van der Waals surface area contributed by atoms with Gasteiger partial charge in [-0.25, -0.2) is 4.98 Å². The number of fused-ring (bicyclic) bond motifs is 1. The summed E-state index contributed by atoms with van der Waals surface area (Å²) in [6.07, 6.45) is 0. The van der Waals surface area contributed by atoms with Crippen molar-refractivity contribution in [2.45, 2.75) is 13.5 Å². The Balaban J connectivity index is 2.82. The van der Waals surface area contributed by atoms with Gasteiger partial charge in [0.05, 0.1) is 33.6 Å². The number of nitrogens with one attached hydrogen (secondary N) is 1. The van der Waals surface area contributed by atoms with Gasteiger partial charge in [0, 0.05) is 12.5 Å². The minimum Gasteiger partial charge on any atom is -0.378 e. The lowest BCUT2D eigenvalue weighted by molar-refractivity contribution is 0.182. The minimum atomic E-state index is 0.381. The maximum Gasteiger partial charge on any atom is 0.0929 e. The Hall–Kier alpha value is -1.07. The van der Waals surface area contributed by atoms with Crippen LogP contribution in [0, 0.1) is 6.92 Å². The third kappa shape index (κ3) is 2.24. The fourth-order valence-corrected chi connectivity index (χ4v) is 2.39. The van der Waals surface area contributed by atoms with Gasteiger partial charge in [0.2, 0.25) is 0 Å². The number of anilines is 1. The van der Waals surface area contributed by atoms with E-state index in [1.54, 1.807) is 19.2 Å². The van der Waals surface area contributed by atoms with Gasteiger partial charge in [0.25, 0.3) is 0 Å². The molecule has 6 heteroatoms. The number of nitrogen functional groups attached to an aromatic ring is 1. The standard InChI is InChI=1S/C12H13Cl2N3O/c1-6-3-8(13)12-10(11(6)14)9(17-15)4-7(16-12)5-18-2/h3-4H,5,15H2,1-2H3,(H,16,17). The zero-order valence-corrected chi connectivity index (χ0v) is 11.6. The molecule has 0 amide bonds. The average molecular weight is 286 g/mol. The SMILES string of the molecule is COCc1cc(NN)c2c(Cl)c(C)cc(Cl)c2n1. The zero-order valence-electron chi connectivity index (χ0n) is 10.1. The molecule has 18 heavy (non-hydrogen) atoms. The van der Waals surface area contributed by atoms with Crippen LogP contribution in [0.25, 0.3) is 10.9 Å². The molecular weight excluding hydrogens is 273 g/mol. The van der Waals surface area contributed by atoms with Crippen molar-refractivity contribution in [1.29, 1.82) is 0 Å². The molecule has 0 aliphatic rings. The number of nitrogens with zero attached hydrogens (tertiary/aromatic N) is 1. The number of hydrogen-bond donors (Lipinski definition) is 2. The molecule has 4 nitrogen and oxygen atoms in total. The molecule has 0 radical (unpaired) electrons. The Morgan fingerprint density at radius 2 is 2.11 bits per heavy atom. The summed E-state index contributed by atoms with van der Waals surface area (Å²) >= 11 is 12.5. The van der Waals surface area contributed by atoms with E-state index in [4.69, 9.17) is 33.8 Å². The van der Waals surface area contributed by atoms with E-state index in [-0.39, 0.29) is 0 Å². The summed E-state index contributed by atoms with van der Waals surface area (Å²) in [7, 11) is 1.60. The third-order valence-corrected chi connectivity index (χ3v) is 3.43. The molecule has 1 aromatic heterocycles. The highest BCUT2D eigenvalue weighted by molar-refractivity contribution is 6.41. The first-order chi connectivity index (χ1) is 8.58. The lowest BCUT2D eigenvalue weighted by Crippen LogP contribution is -2.09. The van der Waals surface area contributed by atoms with Crippen LogP contribution in [0.4, 0.5) is 5.69 Å². The highest BCUT2D eigenvalue weighted by Gasteiger charge is 2.14. The van der Waals surface area contributed by atoms with E-state index in [0.717, 1.165) is 16.6 Å². The summed E-state index contributed by atoms with van der Waals surface area (Å²) in [6, 6.07) is 3.59. The van der Waals surface area contributed by atoms with Crippen molar-refractivity contribution < 1.29 is 4.74 Å². The molecule has 1 aromatic carbocycles. The summed E-state index contributed by atoms with van der Waals surface area (Å²) in [5, 5.41) is 1.86. The number of pyridine rings is 1. The Morgan fingerprint density at radius 1 is 1.39 bits per heavy atom. The Kier molecular flexibility index (Phi) is 3.92. The van der Waals surface area contributed by atoms with Crippen LogP contribution in [0.5, 0.6) is 0 Å². The summed E-state index contributed by atoms with van der Waals surface area (Å²) in [6.45, 7) is 2.27. The number of aromatic nitrogens is 1. The van der Waals surface area contributed by atoms with Crippen molar-refractivity contribution in [2.24, 2.45) is 5.84 Å². The van der Waals surface area contributed by atoms with Gasteiger partial charge in [-0.2, -0.15) is 0 Å². The fourth-order valence-electron chi connectivity index (χ4n) is 1.85. The average Bonchev–Trinajstić information content (AvgIpc) is 2.35. The molecule has 3 N–H and O–H groups in total. The van der Waals surface area contributed by atoms with Gasteiger partial charge in [0.15, 0.2) is 0 Å². The van der Waals surface area contributed by atoms with E-state index in [2.05, 4.69) is 10.4 Å². The van der Waals surface area contributed by atoms with Crippen LogP contribution in [-0.4, -0.2) is 12.1 Å². The predicted octanol–water partition coefficient (Wildman–Crippen LogP) is 3.28. The van der Waals surface area contributed by atoms with E-state index in [1.807, 2.05) is 6.92 Å². The molecule has 0 atom stereocenters. The first kappa shape index (κ1) is 13.4. The zero-order chi connectivity index (χ0) is 13.3. The van der Waals surface area contributed by atoms with Crippen LogP contribution in [0.1, 0.15) is 11.3 Å². The van der Waals surface area contributed by atoms with Gasteiger partial charge >= 0.3 is 0 Å². The number of hydrogen-bond acceptors (Lipinski definition) is 4. The topological polar surface area (TPSA) is 60.2 Å². The predicted molar refractivity (Wildman–Crippen MR) is 75.0 cm³/mol. The van der Waals surface area contributed by atoms with Gasteiger partial charge < -0.3 is 10.2 Å². The molecule has 96 valence electrons. The highest BCUT2D eigenvalue weighted by Crippen LogP contribution is 2.36. The van der Waals surface area contributed by atoms with Gasteiger partial charge in [-0.1, -0.05) is 23.2 Å². The Bertz CT molecular complexity index is 602.